The summed E-state index contributed by atoms with van der Waals surface area (Å²) < 4.78 is 6.84. The Kier molecular flexibility index (Phi) is 6.03. The standard InChI is InChI=1S/C22H21ClN2O4/c1-4-17(26)29-20-18-15(23)12-9-13-16(18)24(3)21(27)19(20)22(28)25(5-2)14-10-7-6-8-11-14/h6-13H,4-5H2,1-3H3. The van der Waals surface area contributed by atoms with E-state index in [0.717, 1.165) is 0 Å². The van der Waals surface area contributed by atoms with Gasteiger partial charge < -0.3 is 14.2 Å². The molecular formula is C22H21ClN2O4. The van der Waals surface area contributed by atoms with Crippen LogP contribution in [0.4, 0.5) is 5.69 Å². The van der Waals surface area contributed by atoms with Crippen LogP contribution < -0.4 is 15.2 Å². The van der Waals surface area contributed by atoms with Crippen molar-refractivity contribution in [2.75, 3.05) is 11.4 Å². The maximum absolute atomic E-state index is 13.5. The normalized spacial score (nSPS) is 10.8. The summed E-state index contributed by atoms with van der Waals surface area (Å²) in [5.41, 5.74) is 0.327. The summed E-state index contributed by atoms with van der Waals surface area (Å²) in [6.45, 7) is 3.77. The molecule has 0 spiro atoms. The highest BCUT2D eigenvalue weighted by Crippen LogP contribution is 2.34. The number of pyridine rings is 1. The first-order chi connectivity index (χ1) is 13.9. The number of aromatic nitrogens is 1. The molecule has 0 aliphatic heterocycles. The number of halogens is 1. The van der Waals surface area contributed by atoms with Gasteiger partial charge in [0.2, 0.25) is 0 Å². The van der Waals surface area contributed by atoms with Gasteiger partial charge in [0.15, 0.2) is 5.75 Å². The van der Waals surface area contributed by atoms with Gasteiger partial charge in [0, 0.05) is 25.7 Å². The monoisotopic (exact) mass is 412 g/mol. The van der Waals surface area contributed by atoms with Crippen molar-refractivity contribution < 1.29 is 14.3 Å². The summed E-state index contributed by atoms with van der Waals surface area (Å²) in [7, 11) is 1.56. The Labute approximate surface area is 173 Å². The number of fused-ring (bicyclic) bond motifs is 1. The van der Waals surface area contributed by atoms with Gasteiger partial charge in [-0.3, -0.25) is 14.4 Å². The number of rotatable bonds is 5. The average molecular weight is 413 g/mol. The van der Waals surface area contributed by atoms with Crippen LogP contribution in [-0.4, -0.2) is 23.0 Å². The third kappa shape index (κ3) is 3.76. The quantitative estimate of drug-likeness (QED) is 0.590. The molecule has 1 heterocycles. The molecule has 29 heavy (non-hydrogen) atoms. The van der Waals surface area contributed by atoms with E-state index in [1.54, 1.807) is 63.4 Å². The number of hydrogen-bond donors (Lipinski definition) is 0. The van der Waals surface area contributed by atoms with E-state index >= 15 is 0 Å². The van der Waals surface area contributed by atoms with E-state index in [1.165, 1.54) is 9.47 Å². The van der Waals surface area contributed by atoms with E-state index in [9.17, 15) is 14.4 Å². The highest BCUT2D eigenvalue weighted by molar-refractivity contribution is 6.36. The largest absolute Gasteiger partial charge is 0.425 e. The summed E-state index contributed by atoms with van der Waals surface area (Å²) in [4.78, 5) is 40.2. The molecule has 0 unspecified atom stereocenters. The predicted molar refractivity (Wildman–Crippen MR) is 114 cm³/mol. The van der Waals surface area contributed by atoms with Crippen LogP contribution in [0.25, 0.3) is 10.9 Å². The second kappa shape index (κ2) is 8.49. The van der Waals surface area contributed by atoms with Crippen molar-refractivity contribution in [3.05, 3.63) is 69.5 Å². The third-order valence-corrected chi connectivity index (χ3v) is 4.99. The van der Waals surface area contributed by atoms with E-state index in [-0.39, 0.29) is 22.8 Å². The molecule has 6 nitrogen and oxygen atoms in total. The molecule has 0 atom stereocenters. The Bertz CT molecular complexity index is 1140. The molecule has 0 N–H and O–H groups in total. The van der Waals surface area contributed by atoms with Crippen LogP contribution in [0, 0.1) is 0 Å². The summed E-state index contributed by atoms with van der Waals surface area (Å²) in [6.07, 6.45) is 0.0883. The second-order valence-corrected chi connectivity index (χ2v) is 6.82. The van der Waals surface area contributed by atoms with Gasteiger partial charge in [0.25, 0.3) is 11.5 Å². The molecule has 3 rings (SSSR count). The topological polar surface area (TPSA) is 68.6 Å². The lowest BCUT2D eigenvalue weighted by molar-refractivity contribution is -0.133. The number of esters is 1. The zero-order valence-corrected chi connectivity index (χ0v) is 17.2. The second-order valence-electron chi connectivity index (χ2n) is 6.41. The summed E-state index contributed by atoms with van der Waals surface area (Å²) >= 11 is 6.39. The Balaban J connectivity index is 2.33. The molecular weight excluding hydrogens is 392 g/mol. The fourth-order valence-electron chi connectivity index (χ4n) is 3.18. The molecule has 0 bridgehead atoms. The molecule has 0 radical (unpaired) electrons. The molecule has 0 fully saturated rings. The van der Waals surface area contributed by atoms with Crippen LogP contribution in [0.3, 0.4) is 0 Å². The number of carbonyl (C=O) groups is 2. The average Bonchev–Trinajstić information content (AvgIpc) is 2.73. The highest BCUT2D eigenvalue weighted by Gasteiger charge is 2.29. The number of aryl methyl sites for hydroxylation is 1. The smallest absolute Gasteiger partial charge is 0.310 e. The minimum absolute atomic E-state index is 0.0883. The van der Waals surface area contributed by atoms with Gasteiger partial charge in [-0.05, 0) is 31.2 Å². The summed E-state index contributed by atoms with van der Waals surface area (Å²) in [5, 5.41) is 0.638. The number of para-hydroxylation sites is 1. The molecule has 0 saturated heterocycles. The molecule has 0 saturated carbocycles. The minimum Gasteiger partial charge on any atom is -0.425 e. The fourth-order valence-corrected chi connectivity index (χ4v) is 3.43. The van der Waals surface area contributed by atoms with Crippen molar-refractivity contribution in [3.8, 4) is 5.75 Å². The SMILES string of the molecule is CCC(=O)Oc1c(C(=O)N(CC)c2ccccc2)c(=O)n(C)c2cccc(Cl)c12. The molecule has 1 amide bonds. The van der Waals surface area contributed by atoms with Crippen LogP contribution in [0.5, 0.6) is 5.75 Å². The van der Waals surface area contributed by atoms with Crippen molar-refractivity contribution in [2.24, 2.45) is 7.05 Å². The van der Waals surface area contributed by atoms with E-state index in [2.05, 4.69) is 0 Å². The van der Waals surface area contributed by atoms with E-state index < -0.39 is 17.4 Å². The number of anilines is 1. The first-order valence-corrected chi connectivity index (χ1v) is 9.67. The maximum Gasteiger partial charge on any atom is 0.310 e. The number of benzene rings is 2. The van der Waals surface area contributed by atoms with Crippen molar-refractivity contribution in [3.63, 3.8) is 0 Å². The number of nitrogens with zero attached hydrogens (tertiary/aromatic N) is 2. The van der Waals surface area contributed by atoms with Crippen molar-refractivity contribution in [1.82, 2.24) is 4.57 Å². The maximum atomic E-state index is 13.5. The van der Waals surface area contributed by atoms with E-state index in [4.69, 9.17) is 16.3 Å². The van der Waals surface area contributed by atoms with Gasteiger partial charge in [-0.1, -0.05) is 42.8 Å². The lowest BCUT2D eigenvalue weighted by atomic mass is 10.1. The zero-order valence-electron chi connectivity index (χ0n) is 16.4. The van der Waals surface area contributed by atoms with E-state index in [0.29, 0.717) is 23.1 Å². The van der Waals surface area contributed by atoms with Crippen LogP contribution in [0.2, 0.25) is 5.02 Å². The van der Waals surface area contributed by atoms with Gasteiger partial charge in [-0.2, -0.15) is 0 Å². The van der Waals surface area contributed by atoms with Crippen LogP contribution in [0.1, 0.15) is 30.6 Å². The molecule has 0 aliphatic carbocycles. The Hall–Kier alpha value is -3.12. The Morgan fingerprint density at radius 1 is 1.07 bits per heavy atom. The van der Waals surface area contributed by atoms with Crippen LogP contribution in [-0.2, 0) is 11.8 Å². The lowest BCUT2D eigenvalue weighted by Gasteiger charge is -2.23. The van der Waals surface area contributed by atoms with E-state index in [1.807, 2.05) is 6.07 Å². The van der Waals surface area contributed by atoms with Gasteiger partial charge in [0.1, 0.15) is 5.56 Å². The summed E-state index contributed by atoms with van der Waals surface area (Å²) in [6, 6.07) is 14.0. The van der Waals surface area contributed by atoms with Gasteiger partial charge >= 0.3 is 5.97 Å². The summed E-state index contributed by atoms with van der Waals surface area (Å²) in [5.74, 6) is -1.21. The fraction of sp³-hybridized carbons (Fsp3) is 0.227. The van der Waals surface area contributed by atoms with Gasteiger partial charge in [-0.25, -0.2) is 0 Å². The third-order valence-electron chi connectivity index (χ3n) is 4.67. The number of hydrogen-bond acceptors (Lipinski definition) is 4. The molecule has 2 aromatic carbocycles. The van der Waals surface area contributed by atoms with Crippen molar-refractivity contribution in [2.45, 2.75) is 20.3 Å². The number of amides is 1. The zero-order chi connectivity index (χ0) is 21.1. The molecule has 7 heteroatoms. The molecule has 0 aliphatic rings. The highest BCUT2D eigenvalue weighted by atomic mass is 35.5. The first-order valence-electron chi connectivity index (χ1n) is 9.29. The molecule has 150 valence electrons. The van der Waals surface area contributed by atoms with Crippen molar-refractivity contribution >= 4 is 40.1 Å². The molecule has 1 aromatic heterocycles. The van der Waals surface area contributed by atoms with Crippen molar-refractivity contribution in [1.29, 1.82) is 0 Å². The number of carbonyl (C=O) groups excluding carboxylic acids is 2. The predicted octanol–water partition coefficient (Wildman–Crippen LogP) is 4.17. The van der Waals surface area contributed by atoms with Gasteiger partial charge in [-0.15, -0.1) is 0 Å². The van der Waals surface area contributed by atoms with Crippen LogP contribution in [0.15, 0.2) is 53.3 Å². The van der Waals surface area contributed by atoms with Gasteiger partial charge in [0.05, 0.1) is 15.9 Å². The Morgan fingerprint density at radius 3 is 2.38 bits per heavy atom. The Morgan fingerprint density at radius 2 is 1.76 bits per heavy atom. The lowest BCUT2D eigenvalue weighted by Crippen LogP contribution is -2.37. The first kappa shape index (κ1) is 20.6. The number of ether oxygens (including phenoxy) is 1. The molecule has 3 aromatic rings. The minimum atomic E-state index is -0.559. The van der Waals surface area contributed by atoms with Crippen LogP contribution >= 0.6 is 11.6 Å².